The highest BCUT2D eigenvalue weighted by Crippen LogP contribution is 2.24. The molecular formula is C15H28N2O3. The first-order chi connectivity index (χ1) is 9.52. The van der Waals surface area contributed by atoms with Gasteiger partial charge in [0.25, 0.3) is 0 Å². The van der Waals surface area contributed by atoms with Crippen molar-refractivity contribution >= 4 is 11.8 Å². The molecule has 1 rings (SSSR count). The van der Waals surface area contributed by atoms with Crippen LogP contribution in [0.1, 0.15) is 58.8 Å². The molecule has 20 heavy (non-hydrogen) atoms. The number of hydrogen-bond donors (Lipinski definition) is 3. The number of carbonyl (C=O) groups is 2. The summed E-state index contributed by atoms with van der Waals surface area (Å²) >= 11 is 0. The summed E-state index contributed by atoms with van der Waals surface area (Å²) in [4.78, 5) is 23.6. The van der Waals surface area contributed by atoms with Gasteiger partial charge in [0.1, 0.15) is 0 Å². The van der Waals surface area contributed by atoms with Crippen LogP contribution in [0.2, 0.25) is 0 Å². The Morgan fingerprint density at radius 2 is 1.95 bits per heavy atom. The van der Waals surface area contributed by atoms with Crippen LogP contribution < -0.4 is 10.6 Å². The second kappa shape index (κ2) is 8.95. The van der Waals surface area contributed by atoms with Crippen molar-refractivity contribution in [3.8, 4) is 0 Å². The molecule has 1 saturated carbocycles. The smallest absolute Gasteiger partial charge is 0.223 e. The molecule has 0 aromatic heterocycles. The van der Waals surface area contributed by atoms with Crippen molar-refractivity contribution < 1.29 is 14.7 Å². The predicted molar refractivity (Wildman–Crippen MR) is 78.1 cm³/mol. The molecule has 0 bridgehead atoms. The molecule has 1 aliphatic carbocycles. The van der Waals surface area contributed by atoms with E-state index in [9.17, 15) is 14.7 Å². The summed E-state index contributed by atoms with van der Waals surface area (Å²) in [6, 6.07) is -0.140. The standard InChI is InChI=1S/C15H28N2O3/c1-3-13(18)8-9-16-14(19)10-11(2)17-15(20)12-6-4-5-7-12/h11-13,18H,3-10H2,1-2H3,(H,16,19)(H,17,20). The highest BCUT2D eigenvalue weighted by molar-refractivity contribution is 5.81. The van der Waals surface area contributed by atoms with Gasteiger partial charge in [-0.3, -0.25) is 9.59 Å². The number of nitrogens with one attached hydrogen (secondary N) is 2. The van der Waals surface area contributed by atoms with Gasteiger partial charge >= 0.3 is 0 Å². The second-order valence-corrected chi connectivity index (χ2v) is 5.80. The summed E-state index contributed by atoms with van der Waals surface area (Å²) in [6.07, 6.45) is 5.42. The van der Waals surface area contributed by atoms with E-state index in [1.807, 2.05) is 13.8 Å². The van der Waals surface area contributed by atoms with Gasteiger partial charge in [0, 0.05) is 24.9 Å². The fourth-order valence-corrected chi connectivity index (χ4v) is 2.53. The van der Waals surface area contributed by atoms with Crippen LogP contribution in [0.3, 0.4) is 0 Å². The van der Waals surface area contributed by atoms with E-state index in [4.69, 9.17) is 0 Å². The van der Waals surface area contributed by atoms with Gasteiger partial charge in [-0.25, -0.2) is 0 Å². The van der Waals surface area contributed by atoms with Crippen molar-refractivity contribution in [3.05, 3.63) is 0 Å². The van der Waals surface area contributed by atoms with E-state index in [2.05, 4.69) is 10.6 Å². The normalized spacial score (nSPS) is 18.6. The summed E-state index contributed by atoms with van der Waals surface area (Å²) in [5.74, 6) is 0.150. The maximum atomic E-state index is 11.9. The Balaban J connectivity index is 2.15. The molecule has 2 amide bonds. The summed E-state index contributed by atoms with van der Waals surface area (Å²) in [7, 11) is 0. The molecule has 5 heteroatoms. The minimum Gasteiger partial charge on any atom is -0.393 e. The van der Waals surface area contributed by atoms with E-state index in [-0.39, 0.29) is 29.9 Å². The zero-order chi connectivity index (χ0) is 15.0. The molecular weight excluding hydrogens is 256 g/mol. The van der Waals surface area contributed by atoms with Crippen molar-refractivity contribution in [2.24, 2.45) is 5.92 Å². The lowest BCUT2D eigenvalue weighted by Crippen LogP contribution is -2.40. The molecule has 1 fully saturated rings. The van der Waals surface area contributed by atoms with Gasteiger partial charge in [-0.2, -0.15) is 0 Å². The third-order valence-corrected chi connectivity index (χ3v) is 3.88. The van der Waals surface area contributed by atoms with E-state index in [1.54, 1.807) is 0 Å². The summed E-state index contributed by atoms with van der Waals surface area (Å²) in [5, 5.41) is 15.1. The molecule has 0 radical (unpaired) electrons. The first kappa shape index (κ1) is 17.0. The Morgan fingerprint density at radius 1 is 1.30 bits per heavy atom. The highest BCUT2D eigenvalue weighted by atomic mass is 16.3. The number of amides is 2. The van der Waals surface area contributed by atoms with Crippen LogP contribution >= 0.6 is 0 Å². The van der Waals surface area contributed by atoms with E-state index in [0.29, 0.717) is 25.8 Å². The highest BCUT2D eigenvalue weighted by Gasteiger charge is 2.24. The Labute approximate surface area is 121 Å². The first-order valence-electron chi connectivity index (χ1n) is 7.78. The van der Waals surface area contributed by atoms with E-state index < -0.39 is 0 Å². The molecule has 0 heterocycles. The largest absolute Gasteiger partial charge is 0.393 e. The molecule has 0 saturated heterocycles. The molecule has 116 valence electrons. The molecule has 2 atom stereocenters. The molecule has 0 aliphatic heterocycles. The molecule has 2 unspecified atom stereocenters. The maximum absolute atomic E-state index is 11.9. The van der Waals surface area contributed by atoms with Gasteiger partial charge in [0.15, 0.2) is 0 Å². The summed E-state index contributed by atoms with van der Waals surface area (Å²) in [6.45, 7) is 4.25. The zero-order valence-corrected chi connectivity index (χ0v) is 12.7. The van der Waals surface area contributed by atoms with E-state index in [1.165, 1.54) is 0 Å². The monoisotopic (exact) mass is 284 g/mol. The lowest BCUT2D eigenvalue weighted by atomic mass is 10.1. The van der Waals surface area contributed by atoms with Crippen molar-refractivity contribution in [2.45, 2.75) is 70.9 Å². The van der Waals surface area contributed by atoms with Crippen LogP contribution in [0.5, 0.6) is 0 Å². The first-order valence-corrected chi connectivity index (χ1v) is 7.78. The minimum absolute atomic E-state index is 0.0764. The average molecular weight is 284 g/mol. The Morgan fingerprint density at radius 3 is 2.55 bits per heavy atom. The van der Waals surface area contributed by atoms with Crippen LogP contribution in [0.25, 0.3) is 0 Å². The van der Waals surface area contributed by atoms with Crippen LogP contribution in [0.15, 0.2) is 0 Å². The quantitative estimate of drug-likeness (QED) is 0.629. The molecule has 1 aliphatic rings. The van der Waals surface area contributed by atoms with Gasteiger partial charge in [-0.15, -0.1) is 0 Å². The molecule has 5 nitrogen and oxygen atoms in total. The van der Waals surface area contributed by atoms with Crippen LogP contribution in [0.4, 0.5) is 0 Å². The number of aliphatic hydroxyl groups is 1. The number of hydrogen-bond acceptors (Lipinski definition) is 3. The van der Waals surface area contributed by atoms with Crippen molar-refractivity contribution in [1.29, 1.82) is 0 Å². The molecule has 0 aromatic carbocycles. The Bertz CT molecular complexity index is 314. The maximum Gasteiger partial charge on any atom is 0.223 e. The second-order valence-electron chi connectivity index (χ2n) is 5.80. The van der Waals surface area contributed by atoms with E-state index in [0.717, 1.165) is 25.7 Å². The fraction of sp³-hybridized carbons (Fsp3) is 0.867. The van der Waals surface area contributed by atoms with Gasteiger partial charge in [-0.1, -0.05) is 19.8 Å². The average Bonchev–Trinajstić information content (AvgIpc) is 2.92. The Kier molecular flexibility index (Phi) is 7.59. The third-order valence-electron chi connectivity index (χ3n) is 3.88. The topological polar surface area (TPSA) is 78.4 Å². The lowest BCUT2D eigenvalue weighted by Gasteiger charge is -2.17. The van der Waals surface area contributed by atoms with Crippen molar-refractivity contribution in [2.75, 3.05) is 6.54 Å². The summed E-state index contributed by atoms with van der Waals surface area (Å²) < 4.78 is 0. The number of carbonyl (C=O) groups excluding carboxylic acids is 2. The molecule has 3 N–H and O–H groups in total. The van der Waals surface area contributed by atoms with Gasteiger partial charge in [0.05, 0.1) is 6.10 Å². The summed E-state index contributed by atoms with van der Waals surface area (Å²) in [5.41, 5.74) is 0. The van der Waals surface area contributed by atoms with Gasteiger partial charge in [0.2, 0.25) is 11.8 Å². The van der Waals surface area contributed by atoms with Crippen LogP contribution in [0, 0.1) is 5.92 Å². The van der Waals surface area contributed by atoms with Crippen LogP contribution in [-0.2, 0) is 9.59 Å². The third kappa shape index (κ3) is 6.37. The minimum atomic E-state index is -0.352. The number of rotatable bonds is 8. The SMILES string of the molecule is CCC(O)CCNC(=O)CC(C)NC(=O)C1CCCC1. The lowest BCUT2D eigenvalue weighted by molar-refractivity contribution is -0.126. The fourth-order valence-electron chi connectivity index (χ4n) is 2.53. The Hall–Kier alpha value is -1.10. The molecule has 0 spiro atoms. The van der Waals surface area contributed by atoms with E-state index >= 15 is 0 Å². The predicted octanol–water partition coefficient (Wildman–Crippen LogP) is 1.35. The van der Waals surface area contributed by atoms with Crippen molar-refractivity contribution in [1.82, 2.24) is 10.6 Å². The van der Waals surface area contributed by atoms with Crippen molar-refractivity contribution in [3.63, 3.8) is 0 Å². The van der Waals surface area contributed by atoms with Gasteiger partial charge in [-0.05, 0) is 32.6 Å². The number of aliphatic hydroxyl groups excluding tert-OH is 1. The zero-order valence-electron chi connectivity index (χ0n) is 12.7. The van der Waals surface area contributed by atoms with Gasteiger partial charge < -0.3 is 15.7 Å². The van der Waals surface area contributed by atoms with Crippen LogP contribution in [-0.4, -0.2) is 35.6 Å². The molecule has 0 aromatic rings.